The van der Waals surface area contributed by atoms with Crippen LogP contribution in [0.25, 0.3) is 10.2 Å². The molecule has 10 nitrogen and oxygen atoms in total. The third kappa shape index (κ3) is 3.73. The van der Waals surface area contributed by atoms with E-state index in [1.165, 1.54) is 29.7 Å². The lowest BCUT2D eigenvalue weighted by molar-refractivity contribution is 0.101. The summed E-state index contributed by atoms with van der Waals surface area (Å²) in [6, 6.07) is 7.07. The largest absolute Gasteiger partial charge is 0.505 e. The second-order valence-electron chi connectivity index (χ2n) is 4.65. The van der Waals surface area contributed by atoms with Gasteiger partial charge >= 0.3 is 6.03 Å². The minimum atomic E-state index is -0.771. The fraction of sp³-hybridized carbons (Fsp3) is 0. The van der Waals surface area contributed by atoms with Crippen molar-refractivity contribution in [2.45, 2.75) is 0 Å². The Labute approximate surface area is 144 Å². The Hall–Kier alpha value is -3.44. The number of carbonyl (C=O) groups is 2. The Balaban J connectivity index is 1.82. The van der Waals surface area contributed by atoms with E-state index in [4.69, 9.17) is 5.84 Å². The van der Waals surface area contributed by atoms with Gasteiger partial charge in [-0.2, -0.15) is 0 Å². The van der Waals surface area contributed by atoms with Gasteiger partial charge in [0.15, 0.2) is 10.8 Å². The molecule has 0 aliphatic rings. The molecule has 3 rings (SSSR count). The molecule has 0 spiro atoms. The van der Waals surface area contributed by atoms with E-state index in [0.717, 1.165) is 4.70 Å². The first-order chi connectivity index (χ1) is 12.1. The van der Waals surface area contributed by atoms with E-state index in [0.29, 0.717) is 16.3 Å². The third-order valence-corrected chi connectivity index (χ3v) is 3.91. The number of hydrogen-bond donors (Lipinski definition) is 4. The number of hydrogen-bond acceptors (Lipinski definition) is 8. The standard InChI is InChI=1S/C14H11N7O3S/c15-19-13(24)21-20-7-3-4-8-10(6-7)25-14(17-8)18-12(23)11-9(22)2-1-5-16-11/h1-6,22H,15H2,(H,19,24)(H,17,18,23). The summed E-state index contributed by atoms with van der Waals surface area (Å²) >= 11 is 1.20. The summed E-state index contributed by atoms with van der Waals surface area (Å²) in [4.78, 5) is 31.2. The van der Waals surface area contributed by atoms with Gasteiger partial charge in [-0.05, 0) is 30.3 Å². The molecule has 0 aliphatic carbocycles. The average molecular weight is 357 g/mol. The van der Waals surface area contributed by atoms with E-state index < -0.39 is 11.9 Å². The molecule has 3 aromatic rings. The monoisotopic (exact) mass is 357 g/mol. The van der Waals surface area contributed by atoms with Crippen LogP contribution in [-0.2, 0) is 0 Å². The molecule has 25 heavy (non-hydrogen) atoms. The van der Waals surface area contributed by atoms with Crippen LogP contribution in [0, 0.1) is 0 Å². The number of anilines is 1. The van der Waals surface area contributed by atoms with Gasteiger partial charge in [0.2, 0.25) is 0 Å². The maximum Gasteiger partial charge on any atom is 0.373 e. The number of amides is 3. The third-order valence-electron chi connectivity index (χ3n) is 2.97. The highest BCUT2D eigenvalue weighted by Crippen LogP contribution is 2.30. The fourth-order valence-corrected chi connectivity index (χ4v) is 2.78. The van der Waals surface area contributed by atoms with Crippen molar-refractivity contribution in [3.63, 3.8) is 0 Å². The van der Waals surface area contributed by atoms with Crippen LogP contribution in [0.2, 0.25) is 0 Å². The number of nitrogens with one attached hydrogen (secondary N) is 2. The first-order valence-corrected chi connectivity index (χ1v) is 7.66. The summed E-state index contributed by atoms with van der Waals surface area (Å²) < 4.78 is 0.727. The van der Waals surface area contributed by atoms with E-state index in [-0.39, 0.29) is 11.4 Å². The number of aromatic hydroxyl groups is 1. The zero-order valence-corrected chi connectivity index (χ0v) is 13.3. The average Bonchev–Trinajstić information content (AvgIpc) is 3.01. The van der Waals surface area contributed by atoms with Gasteiger partial charge in [-0.15, -0.1) is 5.11 Å². The molecule has 0 atom stereocenters. The topological polar surface area (TPSA) is 155 Å². The zero-order chi connectivity index (χ0) is 17.8. The molecule has 3 amide bonds. The SMILES string of the molecule is NNC(=O)N=Nc1ccc2nc(NC(=O)c3ncccc3O)sc2c1. The van der Waals surface area contributed by atoms with Crippen molar-refractivity contribution in [3.8, 4) is 5.75 Å². The minimum Gasteiger partial charge on any atom is -0.505 e. The molecule has 5 N–H and O–H groups in total. The molecular formula is C14H11N7O3S. The number of hydrazine groups is 1. The number of azo groups is 1. The van der Waals surface area contributed by atoms with Crippen molar-refractivity contribution in [3.05, 3.63) is 42.2 Å². The van der Waals surface area contributed by atoms with Crippen molar-refractivity contribution in [2.75, 3.05) is 5.32 Å². The second kappa shape index (κ2) is 6.98. The molecule has 0 unspecified atom stereocenters. The van der Waals surface area contributed by atoms with E-state index >= 15 is 0 Å². The molecular weight excluding hydrogens is 346 g/mol. The summed E-state index contributed by atoms with van der Waals surface area (Å²) in [7, 11) is 0. The summed E-state index contributed by atoms with van der Waals surface area (Å²) in [5.41, 5.74) is 2.80. The number of fused-ring (bicyclic) bond motifs is 1. The molecule has 0 radical (unpaired) electrons. The Bertz CT molecular complexity index is 985. The minimum absolute atomic E-state index is 0.0935. The Kier molecular flexibility index (Phi) is 4.59. The quantitative estimate of drug-likeness (QED) is 0.244. The summed E-state index contributed by atoms with van der Waals surface area (Å²) in [6.45, 7) is 0. The first kappa shape index (κ1) is 16.4. The lowest BCUT2D eigenvalue weighted by Crippen LogP contribution is -2.26. The normalized spacial score (nSPS) is 10.9. The van der Waals surface area contributed by atoms with Gasteiger partial charge in [0.25, 0.3) is 5.91 Å². The molecule has 11 heteroatoms. The van der Waals surface area contributed by atoms with Crippen LogP contribution in [0.4, 0.5) is 15.6 Å². The van der Waals surface area contributed by atoms with Crippen LogP contribution >= 0.6 is 11.3 Å². The highest BCUT2D eigenvalue weighted by Gasteiger charge is 2.14. The van der Waals surface area contributed by atoms with Crippen LogP contribution in [0.1, 0.15) is 10.5 Å². The van der Waals surface area contributed by atoms with Crippen molar-refractivity contribution in [1.29, 1.82) is 0 Å². The molecule has 2 aromatic heterocycles. The van der Waals surface area contributed by atoms with Crippen molar-refractivity contribution in [1.82, 2.24) is 15.4 Å². The molecule has 126 valence electrons. The number of nitrogens with two attached hydrogens (primary N) is 1. The van der Waals surface area contributed by atoms with Crippen molar-refractivity contribution >= 4 is 44.3 Å². The molecule has 0 aliphatic heterocycles. The van der Waals surface area contributed by atoms with E-state index in [2.05, 4.69) is 25.5 Å². The van der Waals surface area contributed by atoms with Gasteiger partial charge in [0, 0.05) is 6.20 Å². The second-order valence-corrected chi connectivity index (χ2v) is 5.68. The Morgan fingerprint density at radius 3 is 2.88 bits per heavy atom. The number of carbonyl (C=O) groups excluding carboxylic acids is 2. The number of thiazole rings is 1. The maximum atomic E-state index is 12.1. The number of rotatable bonds is 3. The van der Waals surface area contributed by atoms with Gasteiger partial charge in [-0.25, -0.2) is 20.6 Å². The molecule has 0 saturated carbocycles. The van der Waals surface area contributed by atoms with Gasteiger partial charge in [-0.3, -0.25) is 15.5 Å². The fourth-order valence-electron chi connectivity index (χ4n) is 1.89. The smallest absolute Gasteiger partial charge is 0.373 e. The first-order valence-electron chi connectivity index (χ1n) is 6.85. The molecule has 0 saturated heterocycles. The van der Waals surface area contributed by atoms with Crippen LogP contribution in [0.3, 0.4) is 0 Å². The van der Waals surface area contributed by atoms with E-state index in [1.54, 1.807) is 18.2 Å². The highest BCUT2D eigenvalue weighted by molar-refractivity contribution is 7.22. The predicted octanol–water partition coefficient (Wildman–Crippen LogP) is 2.32. The van der Waals surface area contributed by atoms with E-state index in [9.17, 15) is 14.7 Å². The zero-order valence-electron chi connectivity index (χ0n) is 12.5. The lowest BCUT2D eigenvalue weighted by Gasteiger charge is -2.01. The number of benzene rings is 1. The number of nitrogens with zero attached hydrogens (tertiary/aromatic N) is 4. The maximum absolute atomic E-state index is 12.1. The number of urea groups is 1. The predicted molar refractivity (Wildman–Crippen MR) is 90.7 cm³/mol. The van der Waals surface area contributed by atoms with E-state index in [1.807, 2.05) is 5.43 Å². The summed E-state index contributed by atoms with van der Waals surface area (Å²) in [6.07, 6.45) is 1.40. The van der Waals surface area contributed by atoms with Crippen LogP contribution in [0.15, 0.2) is 46.8 Å². The van der Waals surface area contributed by atoms with Crippen LogP contribution in [0.5, 0.6) is 5.75 Å². The Morgan fingerprint density at radius 2 is 2.12 bits per heavy atom. The summed E-state index contributed by atoms with van der Waals surface area (Å²) in [5.74, 6) is 4.12. The Morgan fingerprint density at radius 1 is 1.28 bits per heavy atom. The van der Waals surface area contributed by atoms with Crippen LogP contribution in [-0.4, -0.2) is 27.0 Å². The molecule has 0 fully saturated rings. The van der Waals surface area contributed by atoms with Crippen molar-refractivity contribution < 1.29 is 14.7 Å². The van der Waals surface area contributed by atoms with Gasteiger partial charge in [0.05, 0.1) is 15.9 Å². The van der Waals surface area contributed by atoms with Gasteiger partial charge in [-0.1, -0.05) is 16.5 Å². The molecule has 2 heterocycles. The lowest BCUT2D eigenvalue weighted by atomic mass is 10.3. The number of pyridine rings is 1. The molecule has 1 aromatic carbocycles. The van der Waals surface area contributed by atoms with Gasteiger partial charge < -0.3 is 5.11 Å². The van der Waals surface area contributed by atoms with Crippen LogP contribution < -0.4 is 16.6 Å². The van der Waals surface area contributed by atoms with Gasteiger partial charge in [0.1, 0.15) is 5.75 Å². The summed E-state index contributed by atoms with van der Waals surface area (Å²) in [5, 5.41) is 19.7. The molecule has 0 bridgehead atoms. The number of aromatic nitrogens is 2. The highest BCUT2D eigenvalue weighted by atomic mass is 32.1. The van der Waals surface area contributed by atoms with Crippen molar-refractivity contribution in [2.24, 2.45) is 16.1 Å².